The summed E-state index contributed by atoms with van der Waals surface area (Å²) in [6.07, 6.45) is 7.92. The molecule has 2 aromatic rings. The van der Waals surface area contributed by atoms with Gasteiger partial charge >= 0.3 is 0 Å². The summed E-state index contributed by atoms with van der Waals surface area (Å²) in [7, 11) is 0. The number of aliphatic hydroxyl groups is 1. The van der Waals surface area contributed by atoms with Gasteiger partial charge in [-0.3, -0.25) is 9.38 Å². The summed E-state index contributed by atoms with van der Waals surface area (Å²) in [5.41, 5.74) is 0.748. The van der Waals surface area contributed by atoms with Gasteiger partial charge in [0.2, 0.25) is 0 Å². The summed E-state index contributed by atoms with van der Waals surface area (Å²) in [4.78, 5) is 8.23. The number of hydrogen-bond donors (Lipinski definition) is 1. The molecule has 16 heavy (non-hydrogen) atoms. The van der Waals surface area contributed by atoms with E-state index in [1.54, 1.807) is 18.6 Å². The molecule has 0 aliphatic heterocycles. The Labute approximate surface area is 97.9 Å². The van der Waals surface area contributed by atoms with Crippen molar-refractivity contribution in [3.63, 3.8) is 0 Å². The summed E-state index contributed by atoms with van der Waals surface area (Å²) in [5.74, 6) is 0.960. The van der Waals surface area contributed by atoms with Gasteiger partial charge in [-0.05, 0) is 18.8 Å². The lowest BCUT2D eigenvalue weighted by Crippen LogP contribution is -2.21. The fourth-order valence-electron chi connectivity index (χ4n) is 2.10. The Morgan fingerprint density at radius 3 is 3.00 bits per heavy atom. The maximum Gasteiger partial charge on any atom is 0.156 e. The summed E-state index contributed by atoms with van der Waals surface area (Å²) >= 11 is 6.00. The lowest BCUT2D eigenvalue weighted by atomic mass is 9.81. The fraction of sp³-hybridized carbons (Fsp3) is 0.455. The monoisotopic (exact) mass is 237 g/mol. The van der Waals surface area contributed by atoms with Crippen molar-refractivity contribution in [1.82, 2.24) is 14.4 Å². The van der Waals surface area contributed by atoms with Gasteiger partial charge in [0.05, 0.1) is 6.20 Å². The van der Waals surface area contributed by atoms with Crippen molar-refractivity contribution in [2.75, 3.05) is 0 Å². The second kappa shape index (κ2) is 3.71. The van der Waals surface area contributed by atoms with E-state index < -0.39 is 6.10 Å². The van der Waals surface area contributed by atoms with Gasteiger partial charge in [0.15, 0.2) is 5.15 Å². The van der Waals surface area contributed by atoms with E-state index >= 15 is 0 Å². The van der Waals surface area contributed by atoms with Crippen LogP contribution in [0.2, 0.25) is 5.15 Å². The predicted molar refractivity (Wildman–Crippen MR) is 60.3 cm³/mol. The Morgan fingerprint density at radius 1 is 1.50 bits per heavy atom. The molecule has 0 amide bonds. The Hall–Kier alpha value is -1.13. The number of fused-ring (bicyclic) bond motifs is 1. The van der Waals surface area contributed by atoms with Crippen LogP contribution in [0.5, 0.6) is 0 Å². The third-order valence-corrected chi connectivity index (χ3v) is 3.57. The molecule has 2 heterocycles. The molecule has 2 aromatic heterocycles. The number of aromatic nitrogens is 3. The first-order chi connectivity index (χ1) is 7.77. The molecule has 1 fully saturated rings. The Kier molecular flexibility index (Phi) is 2.33. The van der Waals surface area contributed by atoms with Crippen LogP contribution in [0.25, 0.3) is 5.52 Å². The highest BCUT2D eigenvalue weighted by Gasteiger charge is 2.30. The van der Waals surface area contributed by atoms with Gasteiger partial charge in [-0.15, -0.1) is 0 Å². The number of hydrogen-bond acceptors (Lipinski definition) is 3. The van der Waals surface area contributed by atoms with Crippen LogP contribution in [-0.2, 0) is 0 Å². The van der Waals surface area contributed by atoms with E-state index in [0.717, 1.165) is 18.4 Å². The van der Waals surface area contributed by atoms with Gasteiger partial charge in [0.25, 0.3) is 0 Å². The summed E-state index contributed by atoms with van der Waals surface area (Å²) in [6, 6.07) is 0. The topological polar surface area (TPSA) is 50.4 Å². The molecule has 5 heteroatoms. The predicted octanol–water partition coefficient (Wildman–Crippen LogP) is 2.22. The Balaban J connectivity index is 2.08. The van der Waals surface area contributed by atoms with Gasteiger partial charge in [0, 0.05) is 12.4 Å². The van der Waals surface area contributed by atoms with Crippen molar-refractivity contribution in [2.24, 2.45) is 5.92 Å². The van der Waals surface area contributed by atoms with Crippen LogP contribution in [0, 0.1) is 5.92 Å². The minimum atomic E-state index is -0.517. The van der Waals surface area contributed by atoms with E-state index in [1.165, 1.54) is 6.42 Å². The highest BCUT2D eigenvalue weighted by Crippen LogP contribution is 2.37. The first-order valence-electron chi connectivity index (χ1n) is 5.43. The van der Waals surface area contributed by atoms with Crippen molar-refractivity contribution in [2.45, 2.75) is 25.4 Å². The molecule has 0 spiro atoms. The molecule has 1 unspecified atom stereocenters. The van der Waals surface area contributed by atoms with Gasteiger partial charge in [-0.2, -0.15) is 0 Å². The van der Waals surface area contributed by atoms with Gasteiger partial charge in [-0.25, -0.2) is 4.98 Å². The summed E-state index contributed by atoms with van der Waals surface area (Å²) in [5, 5.41) is 10.6. The average Bonchev–Trinajstić information content (AvgIpc) is 2.55. The molecule has 1 N–H and O–H groups in total. The molecule has 0 aromatic carbocycles. The molecular formula is C11H12ClN3O. The minimum Gasteiger partial charge on any atom is -0.385 e. The summed E-state index contributed by atoms with van der Waals surface area (Å²) in [6.45, 7) is 0. The Bertz CT molecular complexity index is 521. The third-order valence-electron chi connectivity index (χ3n) is 3.29. The van der Waals surface area contributed by atoms with Crippen LogP contribution in [-0.4, -0.2) is 19.5 Å². The quantitative estimate of drug-likeness (QED) is 0.871. The normalized spacial score (nSPS) is 18.6. The van der Waals surface area contributed by atoms with Crippen LogP contribution >= 0.6 is 11.6 Å². The molecule has 0 bridgehead atoms. The largest absolute Gasteiger partial charge is 0.385 e. The van der Waals surface area contributed by atoms with Gasteiger partial charge in [0.1, 0.15) is 17.4 Å². The van der Waals surface area contributed by atoms with E-state index in [2.05, 4.69) is 9.97 Å². The van der Waals surface area contributed by atoms with E-state index in [-0.39, 0.29) is 0 Å². The minimum absolute atomic E-state index is 0.329. The first-order valence-corrected chi connectivity index (χ1v) is 5.80. The first kappa shape index (κ1) is 10.1. The highest BCUT2D eigenvalue weighted by atomic mass is 35.5. The number of aliphatic hydroxyl groups excluding tert-OH is 1. The molecule has 0 radical (unpaired) electrons. The van der Waals surface area contributed by atoms with Crippen molar-refractivity contribution < 1.29 is 5.11 Å². The lowest BCUT2D eigenvalue weighted by molar-refractivity contribution is 0.0546. The molecule has 1 aliphatic rings. The maximum absolute atomic E-state index is 10.2. The van der Waals surface area contributed by atoms with Gasteiger partial charge in [-0.1, -0.05) is 18.0 Å². The lowest BCUT2D eigenvalue weighted by Gasteiger charge is -2.29. The molecule has 0 saturated heterocycles. The zero-order chi connectivity index (χ0) is 11.1. The van der Waals surface area contributed by atoms with Crippen LogP contribution in [0.3, 0.4) is 0 Å². The SMILES string of the molecule is OC(c1nc(Cl)c2cnccn12)C1CCC1. The number of imidazole rings is 1. The smallest absolute Gasteiger partial charge is 0.156 e. The fourth-order valence-corrected chi connectivity index (χ4v) is 2.33. The average molecular weight is 238 g/mol. The second-order valence-electron chi connectivity index (χ2n) is 4.23. The van der Waals surface area contributed by atoms with Crippen molar-refractivity contribution in [1.29, 1.82) is 0 Å². The number of halogens is 1. The van der Waals surface area contributed by atoms with Crippen LogP contribution < -0.4 is 0 Å². The van der Waals surface area contributed by atoms with Crippen molar-refractivity contribution in [3.05, 3.63) is 29.6 Å². The van der Waals surface area contributed by atoms with E-state index in [4.69, 9.17) is 11.6 Å². The van der Waals surface area contributed by atoms with E-state index in [1.807, 2.05) is 4.40 Å². The molecule has 4 nitrogen and oxygen atoms in total. The summed E-state index contributed by atoms with van der Waals surface area (Å²) < 4.78 is 1.82. The third kappa shape index (κ3) is 1.41. The van der Waals surface area contributed by atoms with Crippen LogP contribution in [0.1, 0.15) is 31.2 Å². The molecule has 1 atom stereocenters. The zero-order valence-electron chi connectivity index (χ0n) is 8.67. The van der Waals surface area contributed by atoms with Crippen molar-refractivity contribution >= 4 is 17.1 Å². The zero-order valence-corrected chi connectivity index (χ0v) is 9.43. The molecular weight excluding hydrogens is 226 g/mol. The molecule has 84 valence electrons. The van der Waals surface area contributed by atoms with Gasteiger partial charge < -0.3 is 5.11 Å². The van der Waals surface area contributed by atoms with E-state index in [0.29, 0.717) is 16.9 Å². The highest BCUT2D eigenvalue weighted by molar-refractivity contribution is 6.32. The van der Waals surface area contributed by atoms with Crippen LogP contribution in [0.15, 0.2) is 18.6 Å². The number of nitrogens with zero attached hydrogens (tertiary/aromatic N) is 3. The standard InChI is InChI=1S/C11H12ClN3O/c12-10-8-6-13-4-5-15(8)11(14-10)9(16)7-2-1-3-7/h4-7,9,16H,1-3H2. The molecule has 3 rings (SSSR count). The molecule has 1 aliphatic carbocycles. The number of rotatable bonds is 2. The van der Waals surface area contributed by atoms with Crippen LogP contribution in [0.4, 0.5) is 0 Å². The second-order valence-corrected chi connectivity index (χ2v) is 4.59. The maximum atomic E-state index is 10.2. The molecule has 1 saturated carbocycles. The Morgan fingerprint density at radius 2 is 2.31 bits per heavy atom. The van der Waals surface area contributed by atoms with Crippen molar-refractivity contribution in [3.8, 4) is 0 Å². The van der Waals surface area contributed by atoms with E-state index in [9.17, 15) is 5.11 Å².